The van der Waals surface area contributed by atoms with Crippen LogP contribution in [0.15, 0.2) is 0 Å². The standard InChI is InChI=1S/C11H20N4OS/c1-5-11(2,3)6-14-10-7(9(16)13-4)8(12)15-17-10/h14H,5-6H2,1-4H3,(H2,12,15)(H,13,16). The van der Waals surface area contributed by atoms with E-state index in [2.05, 4.69) is 35.8 Å². The number of amides is 1. The van der Waals surface area contributed by atoms with Crippen molar-refractivity contribution in [1.29, 1.82) is 0 Å². The first-order chi connectivity index (χ1) is 7.91. The first-order valence-corrected chi connectivity index (χ1v) is 6.39. The molecule has 0 radical (unpaired) electrons. The van der Waals surface area contributed by atoms with E-state index in [-0.39, 0.29) is 17.1 Å². The summed E-state index contributed by atoms with van der Waals surface area (Å²) < 4.78 is 4.01. The maximum atomic E-state index is 11.6. The van der Waals surface area contributed by atoms with Gasteiger partial charge in [-0.25, -0.2) is 0 Å². The SMILES string of the molecule is CCC(C)(C)CNc1snc(N)c1C(=O)NC. The lowest BCUT2D eigenvalue weighted by atomic mass is 9.90. The number of hydrogen-bond acceptors (Lipinski definition) is 5. The summed E-state index contributed by atoms with van der Waals surface area (Å²) in [7, 11) is 1.58. The number of nitrogens with two attached hydrogens (primary N) is 1. The van der Waals surface area contributed by atoms with Crippen molar-refractivity contribution in [3.05, 3.63) is 5.56 Å². The number of nitrogens with zero attached hydrogens (tertiary/aromatic N) is 1. The number of hydrogen-bond donors (Lipinski definition) is 3. The van der Waals surface area contributed by atoms with E-state index >= 15 is 0 Å². The van der Waals surface area contributed by atoms with Gasteiger partial charge in [-0.05, 0) is 23.4 Å². The van der Waals surface area contributed by atoms with Crippen LogP contribution in [-0.4, -0.2) is 23.9 Å². The predicted octanol–water partition coefficient (Wildman–Crippen LogP) is 1.93. The molecule has 1 amide bonds. The fraction of sp³-hybridized carbons (Fsp3) is 0.636. The zero-order valence-corrected chi connectivity index (χ0v) is 11.6. The summed E-state index contributed by atoms with van der Waals surface area (Å²) in [6.45, 7) is 7.27. The van der Waals surface area contributed by atoms with Crippen LogP contribution in [0.2, 0.25) is 0 Å². The molecule has 5 nitrogen and oxygen atoms in total. The van der Waals surface area contributed by atoms with E-state index in [4.69, 9.17) is 5.73 Å². The molecule has 0 spiro atoms. The maximum absolute atomic E-state index is 11.6. The van der Waals surface area contributed by atoms with Gasteiger partial charge in [-0.3, -0.25) is 4.79 Å². The van der Waals surface area contributed by atoms with Gasteiger partial charge in [0.2, 0.25) is 0 Å². The minimum absolute atomic E-state index is 0.179. The molecule has 0 aliphatic rings. The molecule has 1 rings (SSSR count). The van der Waals surface area contributed by atoms with Crippen molar-refractivity contribution in [3.63, 3.8) is 0 Å². The monoisotopic (exact) mass is 256 g/mol. The summed E-state index contributed by atoms with van der Waals surface area (Å²) in [5.74, 6) is 0.0826. The summed E-state index contributed by atoms with van der Waals surface area (Å²) in [6.07, 6.45) is 1.06. The van der Waals surface area contributed by atoms with Crippen LogP contribution in [0.4, 0.5) is 10.8 Å². The van der Waals surface area contributed by atoms with Gasteiger partial charge in [0.25, 0.3) is 5.91 Å². The van der Waals surface area contributed by atoms with E-state index in [1.165, 1.54) is 11.5 Å². The largest absolute Gasteiger partial charge is 0.382 e. The van der Waals surface area contributed by atoms with Gasteiger partial charge in [0.15, 0.2) is 5.82 Å². The lowest BCUT2D eigenvalue weighted by molar-refractivity contribution is 0.0965. The number of nitrogens with one attached hydrogen (secondary N) is 2. The van der Waals surface area contributed by atoms with Gasteiger partial charge in [0.1, 0.15) is 10.6 Å². The maximum Gasteiger partial charge on any atom is 0.257 e. The van der Waals surface area contributed by atoms with Crippen molar-refractivity contribution in [2.45, 2.75) is 27.2 Å². The first kappa shape index (κ1) is 13.8. The highest BCUT2D eigenvalue weighted by atomic mass is 32.1. The average molecular weight is 256 g/mol. The summed E-state index contributed by atoms with van der Waals surface area (Å²) in [5, 5.41) is 6.56. The van der Waals surface area contributed by atoms with Crippen LogP contribution in [0, 0.1) is 5.41 Å². The molecule has 1 aromatic heterocycles. The van der Waals surface area contributed by atoms with Gasteiger partial charge < -0.3 is 16.4 Å². The molecule has 0 saturated heterocycles. The zero-order valence-electron chi connectivity index (χ0n) is 10.8. The second-order valence-electron chi connectivity index (χ2n) is 4.72. The molecular formula is C11H20N4OS. The van der Waals surface area contributed by atoms with Crippen molar-refractivity contribution in [1.82, 2.24) is 9.69 Å². The van der Waals surface area contributed by atoms with Gasteiger partial charge in [0, 0.05) is 13.6 Å². The van der Waals surface area contributed by atoms with E-state index < -0.39 is 0 Å². The minimum Gasteiger partial charge on any atom is -0.382 e. The Morgan fingerprint density at radius 1 is 1.53 bits per heavy atom. The predicted molar refractivity (Wildman–Crippen MR) is 72.5 cm³/mol. The summed E-state index contributed by atoms with van der Waals surface area (Å²) >= 11 is 1.22. The molecular weight excluding hydrogens is 236 g/mol. The van der Waals surface area contributed by atoms with Gasteiger partial charge in [0.05, 0.1) is 0 Å². The van der Waals surface area contributed by atoms with Gasteiger partial charge in [-0.1, -0.05) is 20.8 Å². The molecule has 0 unspecified atom stereocenters. The number of carbonyl (C=O) groups is 1. The van der Waals surface area contributed by atoms with E-state index in [9.17, 15) is 4.79 Å². The van der Waals surface area contributed by atoms with E-state index in [1.54, 1.807) is 7.05 Å². The smallest absolute Gasteiger partial charge is 0.257 e. The van der Waals surface area contributed by atoms with Gasteiger partial charge in [-0.15, -0.1) is 0 Å². The average Bonchev–Trinajstić information content (AvgIpc) is 2.67. The Labute approximate surface area is 106 Å². The number of carbonyl (C=O) groups excluding carboxylic acids is 1. The van der Waals surface area contributed by atoms with E-state index in [0.29, 0.717) is 5.56 Å². The molecule has 96 valence electrons. The molecule has 0 aliphatic carbocycles. The number of rotatable bonds is 5. The molecule has 0 aliphatic heterocycles. The Morgan fingerprint density at radius 2 is 2.18 bits per heavy atom. The highest BCUT2D eigenvalue weighted by Gasteiger charge is 2.21. The summed E-state index contributed by atoms with van der Waals surface area (Å²) in [4.78, 5) is 11.6. The molecule has 0 aromatic carbocycles. The zero-order chi connectivity index (χ0) is 13.1. The van der Waals surface area contributed by atoms with Crippen LogP contribution in [0.25, 0.3) is 0 Å². The number of anilines is 2. The van der Waals surface area contributed by atoms with Gasteiger partial charge >= 0.3 is 0 Å². The molecule has 0 bridgehead atoms. The number of aromatic nitrogens is 1. The molecule has 0 saturated carbocycles. The van der Waals surface area contributed by atoms with E-state index in [1.807, 2.05) is 0 Å². The van der Waals surface area contributed by atoms with Crippen LogP contribution in [-0.2, 0) is 0 Å². The van der Waals surface area contributed by atoms with Crippen LogP contribution in [0.5, 0.6) is 0 Å². The van der Waals surface area contributed by atoms with Crippen molar-refractivity contribution >= 4 is 28.3 Å². The Balaban J connectivity index is 2.82. The second-order valence-corrected chi connectivity index (χ2v) is 5.50. The molecule has 17 heavy (non-hydrogen) atoms. The van der Waals surface area contributed by atoms with Crippen molar-refractivity contribution in [2.75, 3.05) is 24.6 Å². The fourth-order valence-electron chi connectivity index (χ4n) is 1.21. The molecule has 1 aromatic rings. The topological polar surface area (TPSA) is 80.0 Å². The van der Waals surface area contributed by atoms with E-state index in [0.717, 1.165) is 18.0 Å². The van der Waals surface area contributed by atoms with Crippen LogP contribution in [0.3, 0.4) is 0 Å². The number of nitrogen functional groups attached to an aromatic ring is 1. The Kier molecular flexibility index (Phi) is 4.34. The third-order valence-corrected chi connectivity index (χ3v) is 3.68. The summed E-state index contributed by atoms with van der Waals surface area (Å²) in [6, 6.07) is 0. The molecule has 4 N–H and O–H groups in total. The van der Waals surface area contributed by atoms with Crippen LogP contribution >= 0.6 is 11.5 Å². The molecule has 0 atom stereocenters. The van der Waals surface area contributed by atoms with Crippen molar-refractivity contribution < 1.29 is 4.79 Å². The fourth-order valence-corrected chi connectivity index (χ4v) is 1.92. The minimum atomic E-state index is -0.201. The quantitative estimate of drug-likeness (QED) is 0.752. The van der Waals surface area contributed by atoms with Crippen molar-refractivity contribution in [3.8, 4) is 0 Å². The van der Waals surface area contributed by atoms with Gasteiger partial charge in [-0.2, -0.15) is 4.37 Å². The van der Waals surface area contributed by atoms with Crippen LogP contribution < -0.4 is 16.4 Å². The second kappa shape index (κ2) is 5.35. The normalized spacial score (nSPS) is 11.3. The molecule has 6 heteroatoms. The highest BCUT2D eigenvalue weighted by molar-refractivity contribution is 7.11. The Hall–Kier alpha value is -1.30. The molecule has 1 heterocycles. The highest BCUT2D eigenvalue weighted by Crippen LogP contribution is 2.28. The Bertz CT molecular complexity index is 400. The lowest BCUT2D eigenvalue weighted by Gasteiger charge is -2.23. The van der Waals surface area contributed by atoms with Crippen molar-refractivity contribution in [2.24, 2.45) is 5.41 Å². The molecule has 0 fully saturated rings. The third-order valence-electron chi connectivity index (χ3n) is 2.86. The third kappa shape index (κ3) is 3.33. The van der Waals surface area contributed by atoms with Crippen LogP contribution in [0.1, 0.15) is 37.6 Å². The first-order valence-electron chi connectivity index (χ1n) is 5.62. The summed E-state index contributed by atoms with van der Waals surface area (Å²) in [5.41, 5.74) is 6.32. The lowest BCUT2D eigenvalue weighted by Crippen LogP contribution is -2.24. The Morgan fingerprint density at radius 3 is 2.71 bits per heavy atom.